The van der Waals surface area contributed by atoms with Gasteiger partial charge in [0.05, 0.1) is 0 Å². The first-order valence-corrected chi connectivity index (χ1v) is 5.30. The molecule has 0 bridgehead atoms. The summed E-state index contributed by atoms with van der Waals surface area (Å²) in [6.07, 6.45) is 2.11. The highest BCUT2D eigenvalue weighted by Crippen LogP contribution is 1.85. The molecular weight excluding hydrogens is 164 g/mol. The summed E-state index contributed by atoms with van der Waals surface area (Å²) < 4.78 is 0. The quantitative estimate of drug-likeness (QED) is 0.436. The van der Waals surface area contributed by atoms with Crippen LogP contribution >= 0.6 is 24.4 Å². The first-order chi connectivity index (χ1) is 4.83. The molecule has 64 valence electrons. The monoisotopic (exact) mass is 182 g/mol. The second-order valence-corrected chi connectivity index (χ2v) is 3.04. The molecule has 0 amide bonds. The number of hydrogen-bond donors (Lipinski definition) is 3. The van der Waals surface area contributed by atoms with Crippen LogP contribution in [0, 0.1) is 0 Å². The Morgan fingerprint density at radius 1 is 1.60 bits per heavy atom. The number of thiol groups is 1. The molecule has 0 heterocycles. The van der Waals surface area contributed by atoms with Gasteiger partial charge in [0.15, 0.2) is 0 Å². The van der Waals surface area contributed by atoms with Crippen molar-refractivity contribution < 1.29 is 0 Å². The molecule has 0 aromatic rings. The average molecular weight is 182 g/mol. The maximum Gasteiger partial charge on any atom is 0.00552 e. The minimum atomic E-state index is 0.684. The summed E-state index contributed by atoms with van der Waals surface area (Å²) in [6, 6.07) is 0. The molecule has 0 fully saturated rings. The van der Waals surface area contributed by atoms with Crippen molar-refractivity contribution in [3.8, 4) is 0 Å². The summed E-state index contributed by atoms with van der Waals surface area (Å²) in [5.74, 6) is 2.01. The van der Waals surface area contributed by atoms with Crippen LogP contribution in [0.3, 0.4) is 0 Å². The Kier molecular flexibility index (Phi) is 21.6. The maximum absolute atomic E-state index is 4.95. The van der Waals surface area contributed by atoms with Crippen LogP contribution in [-0.2, 0) is 0 Å². The van der Waals surface area contributed by atoms with Crippen molar-refractivity contribution in [2.75, 3.05) is 37.9 Å². The van der Waals surface area contributed by atoms with Gasteiger partial charge in [0.25, 0.3) is 0 Å². The third-order valence-corrected chi connectivity index (χ3v) is 1.56. The lowest BCUT2D eigenvalue weighted by atomic mass is 10.8. The van der Waals surface area contributed by atoms with E-state index in [-0.39, 0.29) is 0 Å². The van der Waals surface area contributed by atoms with Gasteiger partial charge in [-0.15, -0.1) is 0 Å². The van der Waals surface area contributed by atoms with Gasteiger partial charge in [0.1, 0.15) is 0 Å². The second-order valence-electron chi connectivity index (χ2n) is 1.61. The van der Waals surface area contributed by atoms with E-state index >= 15 is 0 Å². The molecule has 2 nitrogen and oxygen atoms in total. The topological polar surface area (TPSA) is 38.0 Å². The lowest BCUT2D eigenvalue weighted by Gasteiger charge is -1.89. The summed E-state index contributed by atoms with van der Waals surface area (Å²) in [5, 5.41) is 3.05. The number of nitrogens with two attached hydrogens (primary N) is 1. The van der Waals surface area contributed by atoms with E-state index in [1.54, 1.807) is 0 Å². The molecule has 0 aromatic carbocycles. The minimum absolute atomic E-state index is 0.684. The van der Waals surface area contributed by atoms with Crippen LogP contribution in [0.2, 0.25) is 0 Å². The molecule has 0 saturated heterocycles. The fourth-order valence-corrected chi connectivity index (χ4v) is 0.612. The third-order valence-electron chi connectivity index (χ3n) is 0.685. The number of nitrogens with one attached hydrogen (secondary N) is 1. The maximum atomic E-state index is 4.95. The van der Waals surface area contributed by atoms with Crippen molar-refractivity contribution in [1.29, 1.82) is 0 Å². The SMILES string of the molecule is CNCCSC.NCCS. The van der Waals surface area contributed by atoms with E-state index < -0.39 is 0 Å². The lowest BCUT2D eigenvalue weighted by Crippen LogP contribution is -2.09. The van der Waals surface area contributed by atoms with Gasteiger partial charge < -0.3 is 11.1 Å². The minimum Gasteiger partial charge on any atom is -0.330 e. The van der Waals surface area contributed by atoms with Gasteiger partial charge in [-0.3, -0.25) is 0 Å². The molecule has 10 heavy (non-hydrogen) atoms. The van der Waals surface area contributed by atoms with Crippen molar-refractivity contribution in [3.63, 3.8) is 0 Å². The molecule has 0 aliphatic rings. The largest absolute Gasteiger partial charge is 0.330 e. The Balaban J connectivity index is 0. The zero-order chi connectivity index (χ0) is 8.24. The number of hydrogen-bond acceptors (Lipinski definition) is 4. The molecule has 0 saturated carbocycles. The van der Waals surface area contributed by atoms with Crippen molar-refractivity contribution in [3.05, 3.63) is 0 Å². The molecule has 3 N–H and O–H groups in total. The van der Waals surface area contributed by atoms with Crippen LogP contribution in [0.15, 0.2) is 0 Å². The van der Waals surface area contributed by atoms with E-state index in [2.05, 4.69) is 24.2 Å². The highest BCUT2D eigenvalue weighted by Gasteiger charge is 1.73. The van der Waals surface area contributed by atoms with Crippen LogP contribution in [0.5, 0.6) is 0 Å². The van der Waals surface area contributed by atoms with Crippen molar-refractivity contribution in [1.82, 2.24) is 5.32 Å². The van der Waals surface area contributed by atoms with Gasteiger partial charge in [-0.25, -0.2) is 0 Å². The van der Waals surface area contributed by atoms with Gasteiger partial charge in [-0.05, 0) is 13.3 Å². The van der Waals surface area contributed by atoms with Gasteiger partial charge in [0, 0.05) is 24.6 Å². The number of thioether (sulfide) groups is 1. The zero-order valence-corrected chi connectivity index (χ0v) is 8.47. The van der Waals surface area contributed by atoms with Gasteiger partial charge in [-0.1, -0.05) is 0 Å². The lowest BCUT2D eigenvalue weighted by molar-refractivity contribution is 0.873. The van der Waals surface area contributed by atoms with E-state index in [0.29, 0.717) is 6.54 Å². The van der Waals surface area contributed by atoms with Gasteiger partial charge in [-0.2, -0.15) is 24.4 Å². The van der Waals surface area contributed by atoms with Crippen LogP contribution in [-0.4, -0.2) is 37.9 Å². The Morgan fingerprint density at radius 2 is 2.10 bits per heavy atom. The molecule has 0 rings (SSSR count). The summed E-state index contributed by atoms with van der Waals surface area (Å²) in [4.78, 5) is 0. The molecule has 4 heteroatoms. The van der Waals surface area contributed by atoms with E-state index in [1.165, 1.54) is 5.75 Å². The molecule has 0 aliphatic carbocycles. The fourth-order valence-electron chi connectivity index (χ4n) is 0.204. The Morgan fingerprint density at radius 3 is 2.20 bits per heavy atom. The van der Waals surface area contributed by atoms with Crippen LogP contribution in [0.4, 0.5) is 0 Å². The van der Waals surface area contributed by atoms with Crippen molar-refractivity contribution in [2.24, 2.45) is 5.73 Å². The van der Waals surface area contributed by atoms with Gasteiger partial charge >= 0.3 is 0 Å². The first-order valence-electron chi connectivity index (χ1n) is 3.27. The average Bonchev–Trinajstić information content (AvgIpc) is 2.01. The molecule has 0 unspecified atom stereocenters. The van der Waals surface area contributed by atoms with Crippen LogP contribution in [0.25, 0.3) is 0 Å². The second kappa shape index (κ2) is 16.3. The van der Waals surface area contributed by atoms with E-state index in [1.807, 2.05) is 18.8 Å². The van der Waals surface area contributed by atoms with Crippen molar-refractivity contribution >= 4 is 24.4 Å². The summed E-state index contributed by atoms with van der Waals surface area (Å²) in [5.41, 5.74) is 4.95. The predicted octanol–water partition coefficient (Wildman–Crippen LogP) is 0.444. The number of rotatable bonds is 4. The predicted molar refractivity (Wildman–Crippen MR) is 55.2 cm³/mol. The van der Waals surface area contributed by atoms with E-state index in [4.69, 9.17) is 5.73 Å². The molecular formula is C6H18N2S2. The molecule has 0 atom stereocenters. The summed E-state index contributed by atoms with van der Waals surface area (Å²) in [7, 11) is 1.97. The van der Waals surface area contributed by atoms with Crippen LogP contribution in [0.1, 0.15) is 0 Å². The summed E-state index contributed by atoms with van der Waals surface area (Å²) >= 11 is 5.66. The normalized spacial score (nSPS) is 8.40. The standard InChI is InChI=1S/C4H11NS.C2H7NS/c1-5-3-4-6-2;3-1-2-4/h5H,3-4H2,1-2H3;4H,1-3H2. The third kappa shape index (κ3) is 23.4. The van der Waals surface area contributed by atoms with E-state index in [9.17, 15) is 0 Å². The van der Waals surface area contributed by atoms with Gasteiger partial charge in [0.2, 0.25) is 0 Å². The zero-order valence-electron chi connectivity index (χ0n) is 6.76. The Hall–Kier alpha value is 0.620. The Bertz CT molecular complexity index is 38.7. The van der Waals surface area contributed by atoms with Crippen LogP contribution < -0.4 is 11.1 Å². The molecule has 0 aliphatic heterocycles. The Labute approximate surface area is 73.7 Å². The smallest absolute Gasteiger partial charge is 0.00552 e. The first kappa shape index (κ1) is 13.2. The fraction of sp³-hybridized carbons (Fsp3) is 1.00. The highest BCUT2D eigenvalue weighted by molar-refractivity contribution is 7.98. The summed E-state index contributed by atoms with van der Waals surface area (Å²) in [6.45, 7) is 1.81. The highest BCUT2D eigenvalue weighted by atomic mass is 32.2. The molecule has 0 radical (unpaired) electrons. The van der Waals surface area contributed by atoms with Crippen molar-refractivity contribution in [2.45, 2.75) is 0 Å². The van der Waals surface area contributed by atoms with E-state index in [0.717, 1.165) is 12.3 Å². The molecule has 0 spiro atoms. The molecule has 0 aromatic heterocycles.